The molecular weight excluding hydrogens is 230 g/mol. The fourth-order valence-electron chi connectivity index (χ4n) is 1.41. The maximum absolute atomic E-state index is 11.8. The molecule has 1 fully saturated rings. The number of nitrogens with zero attached hydrogens (tertiary/aromatic N) is 1. The van der Waals surface area contributed by atoms with Crippen molar-refractivity contribution in [2.45, 2.75) is 19.9 Å². The summed E-state index contributed by atoms with van der Waals surface area (Å²) in [5, 5.41) is 7.91. The Morgan fingerprint density at radius 3 is 2.93 bits per heavy atom. The van der Waals surface area contributed by atoms with Crippen LogP contribution in [0.5, 0.6) is 0 Å². The number of aryl methyl sites for hydroxylation is 2. The van der Waals surface area contributed by atoms with Crippen LogP contribution in [0.2, 0.25) is 0 Å². The largest absolute Gasteiger partial charge is 0.315 e. The minimum Gasteiger partial charge on any atom is -0.315 e. The molecule has 82 valence electrons. The van der Waals surface area contributed by atoms with Crippen molar-refractivity contribution in [3.05, 3.63) is 10.7 Å². The second-order valence-electron chi connectivity index (χ2n) is 3.41. The number of anilines is 1. The second kappa shape index (κ2) is 4.51. The first-order chi connectivity index (χ1) is 7.16. The van der Waals surface area contributed by atoms with E-state index in [0.29, 0.717) is 0 Å². The molecule has 1 atom stereocenters. The van der Waals surface area contributed by atoms with Crippen molar-refractivity contribution in [3.8, 4) is 0 Å². The first-order valence-corrected chi connectivity index (χ1v) is 6.70. The molecular formula is C9H13N3OS2. The number of carbonyl (C=O) groups is 1. The molecule has 2 heterocycles. The highest BCUT2D eigenvalue weighted by molar-refractivity contribution is 7.99. The molecule has 0 spiro atoms. The van der Waals surface area contributed by atoms with Crippen LogP contribution in [0.1, 0.15) is 10.7 Å². The van der Waals surface area contributed by atoms with E-state index in [1.807, 2.05) is 13.8 Å². The van der Waals surface area contributed by atoms with Crippen molar-refractivity contribution >= 4 is 34.0 Å². The van der Waals surface area contributed by atoms with E-state index in [1.54, 1.807) is 11.8 Å². The molecule has 2 rings (SSSR count). The van der Waals surface area contributed by atoms with E-state index in [4.69, 9.17) is 0 Å². The number of rotatable bonds is 2. The van der Waals surface area contributed by atoms with Crippen LogP contribution in [0.4, 0.5) is 5.00 Å². The van der Waals surface area contributed by atoms with Gasteiger partial charge >= 0.3 is 0 Å². The maximum Gasteiger partial charge on any atom is 0.243 e. The first kappa shape index (κ1) is 10.9. The number of nitrogens with one attached hydrogen (secondary N) is 2. The smallest absolute Gasteiger partial charge is 0.243 e. The Morgan fingerprint density at radius 1 is 1.60 bits per heavy atom. The number of thiazole rings is 1. The van der Waals surface area contributed by atoms with Crippen molar-refractivity contribution in [1.29, 1.82) is 0 Å². The minimum atomic E-state index is -0.0585. The molecule has 1 amide bonds. The zero-order valence-corrected chi connectivity index (χ0v) is 10.3. The van der Waals surface area contributed by atoms with Gasteiger partial charge in [-0.25, -0.2) is 4.98 Å². The molecule has 15 heavy (non-hydrogen) atoms. The van der Waals surface area contributed by atoms with Gasteiger partial charge in [-0.2, -0.15) is 0 Å². The van der Waals surface area contributed by atoms with Gasteiger partial charge < -0.3 is 5.32 Å². The monoisotopic (exact) mass is 243 g/mol. The van der Waals surface area contributed by atoms with E-state index >= 15 is 0 Å². The Hall–Kier alpha value is -0.590. The topological polar surface area (TPSA) is 54.0 Å². The van der Waals surface area contributed by atoms with Crippen LogP contribution < -0.4 is 10.6 Å². The Balaban J connectivity index is 2.01. The first-order valence-electron chi connectivity index (χ1n) is 4.73. The normalized spacial score (nSPS) is 20.5. The summed E-state index contributed by atoms with van der Waals surface area (Å²) in [7, 11) is 0. The summed E-state index contributed by atoms with van der Waals surface area (Å²) in [4.78, 5) is 16.0. The fraction of sp³-hybridized carbons (Fsp3) is 0.556. The molecule has 1 aliphatic rings. The van der Waals surface area contributed by atoms with E-state index in [9.17, 15) is 4.79 Å². The Bertz CT molecular complexity index is 371. The summed E-state index contributed by atoms with van der Waals surface area (Å²) in [6.45, 7) is 3.85. The third-order valence-electron chi connectivity index (χ3n) is 2.17. The molecule has 6 heteroatoms. The Morgan fingerprint density at radius 2 is 2.40 bits per heavy atom. The summed E-state index contributed by atoms with van der Waals surface area (Å²) in [5.41, 5.74) is 0.900. The number of hydrogen-bond acceptors (Lipinski definition) is 5. The van der Waals surface area contributed by atoms with Gasteiger partial charge in [0, 0.05) is 11.6 Å². The van der Waals surface area contributed by atoms with Gasteiger partial charge in [0.05, 0.1) is 16.7 Å². The highest BCUT2D eigenvalue weighted by Crippen LogP contribution is 2.23. The lowest BCUT2D eigenvalue weighted by Gasteiger charge is -2.08. The molecule has 1 saturated heterocycles. The summed E-state index contributed by atoms with van der Waals surface area (Å²) >= 11 is 3.27. The summed E-state index contributed by atoms with van der Waals surface area (Å²) in [6, 6.07) is -0.0585. The lowest BCUT2D eigenvalue weighted by molar-refractivity contribution is -0.117. The zero-order valence-electron chi connectivity index (χ0n) is 8.66. The molecule has 0 bridgehead atoms. The van der Waals surface area contributed by atoms with Crippen molar-refractivity contribution in [1.82, 2.24) is 10.3 Å². The molecule has 1 aromatic heterocycles. The molecule has 0 radical (unpaired) electrons. The molecule has 1 aromatic rings. The number of hydrogen-bond donors (Lipinski definition) is 2. The molecule has 2 N–H and O–H groups in total. The predicted molar refractivity (Wildman–Crippen MR) is 64.5 cm³/mol. The zero-order chi connectivity index (χ0) is 10.8. The average molecular weight is 243 g/mol. The predicted octanol–water partition coefficient (Wildman–Crippen LogP) is 1.36. The number of carbonyl (C=O) groups excluding carboxylic acids is 1. The summed E-state index contributed by atoms with van der Waals surface area (Å²) < 4.78 is 0. The van der Waals surface area contributed by atoms with Gasteiger partial charge in [-0.1, -0.05) is 0 Å². The Kier molecular flexibility index (Phi) is 3.28. The number of aromatic nitrogens is 1. The van der Waals surface area contributed by atoms with Crippen molar-refractivity contribution in [2.75, 3.05) is 16.9 Å². The summed E-state index contributed by atoms with van der Waals surface area (Å²) in [5.74, 6) is 1.76. The lowest BCUT2D eigenvalue weighted by atomic mass is 10.3. The van der Waals surface area contributed by atoms with Crippen molar-refractivity contribution in [2.24, 2.45) is 0 Å². The fourth-order valence-corrected chi connectivity index (χ4v) is 3.17. The lowest BCUT2D eigenvalue weighted by Crippen LogP contribution is -2.37. The summed E-state index contributed by atoms with van der Waals surface area (Å²) in [6.07, 6.45) is 0. The van der Waals surface area contributed by atoms with Gasteiger partial charge in [0.15, 0.2) is 0 Å². The minimum absolute atomic E-state index is 0.0479. The van der Waals surface area contributed by atoms with Crippen LogP contribution in [0.25, 0.3) is 0 Å². The standard InChI is InChI=1S/C9H13N3OS2/c1-5-9(15-6(2)11-5)12-8(13)7-3-14-4-10-7/h7,10H,3-4H2,1-2H3,(H,12,13)/t7-/m1/s1. The van der Waals surface area contributed by atoms with Crippen LogP contribution >= 0.6 is 23.1 Å². The van der Waals surface area contributed by atoms with Crippen LogP contribution in [-0.4, -0.2) is 28.6 Å². The third kappa shape index (κ3) is 2.50. The number of thioether (sulfide) groups is 1. The van der Waals surface area contributed by atoms with Gasteiger partial charge in [0.1, 0.15) is 5.00 Å². The van der Waals surface area contributed by atoms with Gasteiger partial charge in [-0.3, -0.25) is 10.1 Å². The van der Waals surface area contributed by atoms with Crippen molar-refractivity contribution in [3.63, 3.8) is 0 Å². The van der Waals surface area contributed by atoms with Crippen LogP contribution in [0, 0.1) is 13.8 Å². The highest BCUT2D eigenvalue weighted by Gasteiger charge is 2.23. The van der Waals surface area contributed by atoms with Gasteiger partial charge in [0.2, 0.25) is 5.91 Å². The van der Waals surface area contributed by atoms with E-state index in [2.05, 4.69) is 15.6 Å². The quantitative estimate of drug-likeness (QED) is 0.823. The maximum atomic E-state index is 11.8. The third-order valence-corrected chi connectivity index (χ3v) is 4.10. The molecule has 0 saturated carbocycles. The van der Waals surface area contributed by atoms with E-state index in [-0.39, 0.29) is 11.9 Å². The molecule has 1 aliphatic heterocycles. The SMILES string of the molecule is Cc1nc(C)c(NC(=O)[C@H]2CSCN2)s1. The highest BCUT2D eigenvalue weighted by atomic mass is 32.2. The van der Waals surface area contributed by atoms with Crippen molar-refractivity contribution < 1.29 is 4.79 Å². The van der Waals surface area contributed by atoms with Crippen LogP contribution in [0.3, 0.4) is 0 Å². The number of amides is 1. The van der Waals surface area contributed by atoms with Gasteiger partial charge in [-0.05, 0) is 13.8 Å². The van der Waals surface area contributed by atoms with E-state index in [1.165, 1.54) is 11.3 Å². The van der Waals surface area contributed by atoms with E-state index in [0.717, 1.165) is 27.3 Å². The van der Waals surface area contributed by atoms with Crippen LogP contribution in [-0.2, 0) is 4.79 Å². The molecule has 0 unspecified atom stereocenters. The molecule has 4 nitrogen and oxygen atoms in total. The van der Waals surface area contributed by atoms with Crippen LogP contribution in [0.15, 0.2) is 0 Å². The van der Waals surface area contributed by atoms with Gasteiger partial charge in [-0.15, -0.1) is 23.1 Å². The second-order valence-corrected chi connectivity index (χ2v) is 5.64. The molecule has 0 aromatic carbocycles. The Labute approximate surface area is 96.9 Å². The molecule has 0 aliphatic carbocycles. The van der Waals surface area contributed by atoms with E-state index < -0.39 is 0 Å². The average Bonchev–Trinajstić information content (AvgIpc) is 2.76. The van der Waals surface area contributed by atoms with Gasteiger partial charge in [0.25, 0.3) is 0 Å².